The highest BCUT2D eigenvalue weighted by atomic mass is 16.4. The summed E-state index contributed by atoms with van der Waals surface area (Å²) < 4.78 is 11.3. The maximum Gasteiger partial charge on any atom is 0.247 e. The second-order valence-corrected chi connectivity index (χ2v) is 6.71. The Labute approximate surface area is 167 Å². The predicted octanol–water partition coefficient (Wildman–Crippen LogP) is 3.87. The third kappa shape index (κ3) is 4.40. The first-order valence-electron chi connectivity index (χ1n) is 9.26. The third-order valence-electron chi connectivity index (χ3n) is 4.41. The molecule has 4 aromatic rings. The Bertz CT molecular complexity index is 1130. The number of aryl methyl sites for hydroxylation is 2. The van der Waals surface area contributed by atoms with Gasteiger partial charge in [0.1, 0.15) is 5.76 Å². The zero-order chi connectivity index (χ0) is 20.2. The number of hydrogen-bond acceptors (Lipinski definition) is 6. The van der Waals surface area contributed by atoms with Crippen LogP contribution in [-0.4, -0.2) is 21.1 Å². The molecule has 0 saturated carbocycles. The van der Waals surface area contributed by atoms with Gasteiger partial charge in [-0.05, 0) is 38.1 Å². The quantitative estimate of drug-likeness (QED) is 0.539. The number of carbonyl (C=O) groups excluding carboxylic acids is 1. The van der Waals surface area contributed by atoms with E-state index >= 15 is 0 Å². The molecule has 2 aromatic heterocycles. The second kappa shape index (κ2) is 8.10. The molecule has 7 heteroatoms. The summed E-state index contributed by atoms with van der Waals surface area (Å²) in [5, 5.41) is 10.8. The SMILES string of the molecule is Cc1cccc(-c2nc(CC(=O)NCc3nnc(-c4ccccc4)o3)c(C)o2)c1. The molecular formula is C22H20N4O3. The van der Waals surface area contributed by atoms with Crippen molar-refractivity contribution in [2.45, 2.75) is 26.8 Å². The van der Waals surface area contributed by atoms with Gasteiger partial charge >= 0.3 is 0 Å². The Morgan fingerprint density at radius 1 is 0.931 bits per heavy atom. The van der Waals surface area contributed by atoms with Crippen molar-refractivity contribution in [3.8, 4) is 22.9 Å². The van der Waals surface area contributed by atoms with Crippen molar-refractivity contribution in [2.75, 3.05) is 0 Å². The maximum atomic E-state index is 12.3. The number of rotatable bonds is 6. The fraction of sp³-hybridized carbons (Fsp3) is 0.182. The lowest BCUT2D eigenvalue weighted by atomic mass is 10.1. The van der Waals surface area contributed by atoms with Crippen LogP contribution in [0.3, 0.4) is 0 Å². The highest BCUT2D eigenvalue weighted by Crippen LogP contribution is 2.23. The highest BCUT2D eigenvalue weighted by Gasteiger charge is 2.16. The van der Waals surface area contributed by atoms with Crippen LogP contribution in [-0.2, 0) is 17.8 Å². The van der Waals surface area contributed by atoms with Gasteiger partial charge in [-0.25, -0.2) is 4.98 Å². The number of benzene rings is 2. The molecule has 0 aliphatic heterocycles. The summed E-state index contributed by atoms with van der Waals surface area (Å²) in [6, 6.07) is 17.4. The molecule has 29 heavy (non-hydrogen) atoms. The molecule has 0 bridgehead atoms. The van der Waals surface area contributed by atoms with E-state index in [4.69, 9.17) is 8.83 Å². The highest BCUT2D eigenvalue weighted by molar-refractivity contribution is 5.78. The Morgan fingerprint density at radius 2 is 1.72 bits per heavy atom. The van der Waals surface area contributed by atoms with Gasteiger partial charge in [-0.3, -0.25) is 4.79 Å². The number of aromatic nitrogens is 3. The molecule has 0 unspecified atom stereocenters. The summed E-state index contributed by atoms with van der Waals surface area (Å²) in [4.78, 5) is 16.8. The smallest absolute Gasteiger partial charge is 0.247 e. The average Bonchev–Trinajstić information content (AvgIpc) is 3.34. The molecule has 4 rings (SSSR count). The van der Waals surface area contributed by atoms with Crippen LogP contribution in [0.15, 0.2) is 63.4 Å². The largest absolute Gasteiger partial charge is 0.441 e. The average molecular weight is 388 g/mol. The third-order valence-corrected chi connectivity index (χ3v) is 4.41. The minimum Gasteiger partial charge on any atom is -0.441 e. The van der Waals surface area contributed by atoms with Crippen molar-refractivity contribution in [1.29, 1.82) is 0 Å². The lowest BCUT2D eigenvalue weighted by Crippen LogP contribution is -2.25. The molecule has 0 fully saturated rings. The van der Waals surface area contributed by atoms with Crippen molar-refractivity contribution in [3.63, 3.8) is 0 Å². The normalized spacial score (nSPS) is 10.8. The number of hydrogen-bond donors (Lipinski definition) is 1. The first-order valence-corrected chi connectivity index (χ1v) is 9.26. The van der Waals surface area contributed by atoms with Crippen LogP contribution < -0.4 is 5.32 Å². The zero-order valence-electron chi connectivity index (χ0n) is 16.2. The molecule has 2 heterocycles. The summed E-state index contributed by atoms with van der Waals surface area (Å²) in [6.07, 6.45) is 0.112. The molecular weight excluding hydrogens is 368 g/mol. The molecule has 0 spiro atoms. The van der Waals surface area contributed by atoms with Gasteiger partial charge in [0, 0.05) is 11.1 Å². The fourth-order valence-corrected chi connectivity index (χ4v) is 2.90. The number of amides is 1. The van der Waals surface area contributed by atoms with Gasteiger partial charge in [-0.2, -0.15) is 0 Å². The van der Waals surface area contributed by atoms with E-state index in [1.807, 2.05) is 61.5 Å². The van der Waals surface area contributed by atoms with Crippen LogP contribution >= 0.6 is 0 Å². The predicted molar refractivity (Wildman–Crippen MR) is 107 cm³/mol. The Balaban J connectivity index is 1.37. The Kier molecular flexibility index (Phi) is 5.20. The van der Waals surface area contributed by atoms with Gasteiger partial charge in [0.25, 0.3) is 0 Å². The number of nitrogens with one attached hydrogen (secondary N) is 1. The van der Waals surface area contributed by atoms with Gasteiger partial charge in [-0.15, -0.1) is 10.2 Å². The summed E-state index contributed by atoms with van der Waals surface area (Å²) in [7, 11) is 0. The van der Waals surface area contributed by atoms with Crippen LogP contribution in [0.2, 0.25) is 0 Å². The Morgan fingerprint density at radius 3 is 2.52 bits per heavy atom. The Hall–Kier alpha value is -3.74. The number of nitrogens with zero attached hydrogens (tertiary/aromatic N) is 3. The van der Waals surface area contributed by atoms with Gasteiger partial charge in [-0.1, -0.05) is 35.9 Å². The molecule has 0 radical (unpaired) electrons. The van der Waals surface area contributed by atoms with E-state index in [9.17, 15) is 4.79 Å². The number of carbonyl (C=O) groups is 1. The van der Waals surface area contributed by atoms with E-state index < -0.39 is 0 Å². The van der Waals surface area contributed by atoms with E-state index in [1.54, 1.807) is 6.92 Å². The lowest BCUT2D eigenvalue weighted by Gasteiger charge is -2.00. The minimum absolute atomic E-state index is 0.112. The first kappa shape index (κ1) is 18.6. The van der Waals surface area contributed by atoms with E-state index in [0.29, 0.717) is 29.1 Å². The van der Waals surface area contributed by atoms with Crippen molar-refractivity contribution >= 4 is 5.91 Å². The van der Waals surface area contributed by atoms with Gasteiger partial charge in [0.05, 0.1) is 18.7 Å². The topological polar surface area (TPSA) is 94.1 Å². The standard InChI is InChI=1S/C22H20N4O3/c1-14-7-6-10-17(11-14)21-24-18(15(2)28-21)12-19(27)23-13-20-25-26-22(29-20)16-8-4-3-5-9-16/h3-11H,12-13H2,1-2H3,(H,23,27). The summed E-state index contributed by atoms with van der Waals surface area (Å²) >= 11 is 0. The van der Waals surface area contributed by atoms with Crippen LogP contribution in [0.4, 0.5) is 0 Å². The van der Waals surface area contributed by atoms with Gasteiger partial charge in [0.15, 0.2) is 0 Å². The summed E-state index contributed by atoms with van der Waals surface area (Å²) in [5.74, 6) is 1.70. The maximum absolute atomic E-state index is 12.3. The van der Waals surface area contributed by atoms with Crippen molar-refractivity contribution in [2.24, 2.45) is 0 Å². The molecule has 1 N–H and O–H groups in total. The van der Waals surface area contributed by atoms with E-state index in [0.717, 1.165) is 16.7 Å². The van der Waals surface area contributed by atoms with Gasteiger partial charge < -0.3 is 14.2 Å². The second-order valence-electron chi connectivity index (χ2n) is 6.71. The molecule has 2 aromatic carbocycles. The van der Waals surface area contributed by atoms with E-state index in [2.05, 4.69) is 20.5 Å². The lowest BCUT2D eigenvalue weighted by molar-refractivity contribution is -0.120. The molecule has 0 aliphatic rings. The molecule has 0 saturated heterocycles. The molecule has 146 valence electrons. The van der Waals surface area contributed by atoms with Crippen LogP contribution in [0, 0.1) is 13.8 Å². The van der Waals surface area contributed by atoms with E-state index in [-0.39, 0.29) is 18.9 Å². The molecule has 0 aliphatic carbocycles. The summed E-state index contributed by atoms with van der Waals surface area (Å²) in [6.45, 7) is 3.97. The van der Waals surface area contributed by atoms with E-state index in [1.165, 1.54) is 0 Å². The van der Waals surface area contributed by atoms with Gasteiger partial charge in [0.2, 0.25) is 23.6 Å². The number of oxazole rings is 1. The van der Waals surface area contributed by atoms with Crippen molar-refractivity contribution < 1.29 is 13.6 Å². The van der Waals surface area contributed by atoms with Crippen LogP contribution in [0.25, 0.3) is 22.9 Å². The minimum atomic E-state index is -0.198. The van der Waals surface area contributed by atoms with Crippen molar-refractivity contribution in [3.05, 3.63) is 77.5 Å². The first-order chi connectivity index (χ1) is 14.1. The summed E-state index contributed by atoms with van der Waals surface area (Å²) in [5.41, 5.74) is 3.44. The van der Waals surface area contributed by atoms with Crippen molar-refractivity contribution in [1.82, 2.24) is 20.5 Å². The van der Waals surface area contributed by atoms with Crippen LogP contribution in [0.1, 0.15) is 22.9 Å². The molecule has 0 atom stereocenters. The monoisotopic (exact) mass is 388 g/mol. The molecule has 7 nitrogen and oxygen atoms in total. The zero-order valence-corrected chi connectivity index (χ0v) is 16.2. The fourth-order valence-electron chi connectivity index (χ4n) is 2.90. The van der Waals surface area contributed by atoms with Crippen LogP contribution in [0.5, 0.6) is 0 Å². The molecule has 1 amide bonds.